The lowest BCUT2D eigenvalue weighted by Gasteiger charge is -2.62. The summed E-state index contributed by atoms with van der Waals surface area (Å²) in [5, 5.41) is 47.9. The van der Waals surface area contributed by atoms with Crippen molar-refractivity contribution in [3.8, 4) is 0 Å². The Balaban J connectivity index is 0.925. The van der Waals surface area contributed by atoms with Crippen molar-refractivity contribution in [2.24, 2.45) is 62.9 Å². The molecule has 0 amide bonds. The highest BCUT2D eigenvalue weighted by Gasteiger charge is 2.77. The first-order valence-electron chi connectivity index (χ1n) is 21.7. The third kappa shape index (κ3) is 5.18. The van der Waals surface area contributed by atoms with E-state index in [-0.39, 0.29) is 37.2 Å². The van der Waals surface area contributed by atoms with Crippen LogP contribution in [0.1, 0.15) is 99.3 Å². The Morgan fingerprint density at radius 2 is 1.22 bits per heavy atom. The fourth-order valence-electron chi connectivity index (χ4n) is 15.1. The van der Waals surface area contributed by atoms with E-state index in [1.54, 1.807) is 47.6 Å². The minimum atomic E-state index is -2.15. The molecule has 327 valence electrons. The molecule has 8 aliphatic rings. The summed E-state index contributed by atoms with van der Waals surface area (Å²) in [5.41, 5.74) is -5.96. The molecule has 6 fully saturated rings. The second-order valence-corrected chi connectivity index (χ2v) is 20.8. The van der Waals surface area contributed by atoms with Crippen molar-refractivity contribution in [2.45, 2.75) is 140 Å². The number of esters is 1. The van der Waals surface area contributed by atoms with Gasteiger partial charge in [0, 0.05) is 39.9 Å². The van der Waals surface area contributed by atoms with Crippen molar-refractivity contribution < 1.29 is 57.9 Å². The summed E-state index contributed by atoms with van der Waals surface area (Å²) in [5.74, 6) is -6.80. The number of carbonyl (C=O) groups is 5. The van der Waals surface area contributed by atoms with Crippen LogP contribution in [0.2, 0.25) is 0 Å². The molecule has 13 heteroatoms. The fraction of sp³-hybridized carbons (Fsp3) is 0.702. The molecule has 0 aromatic heterocycles. The zero-order valence-corrected chi connectivity index (χ0v) is 35.4. The number of hydrogen-bond donors (Lipinski definition) is 5. The van der Waals surface area contributed by atoms with Crippen molar-refractivity contribution in [1.82, 2.24) is 0 Å². The van der Waals surface area contributed by atoms with E-state index in [0.717, 1.165) is 6.42 Å². The van der Waals surface area contributed by atoms with Crippen LogP contribution in [-0.4, -0.2) is 96.9 Å². The molecular weight excluding hydrogens is 777 g/mol. The Morgan fingerprint density at radius 3 is 1.68 bits per heavy atom. The predicted molar refractivity (Wildman–Crippen MR) is 214 cm³/mol. The van der Waals surface area contributed by atoms with Gasteiger partial charge in [-0.2, -0.15) is 0 Å². The van der Waals surface area contributed by atoms with Crippen LogP contribution in [0.5, 0.6) is 0 Å². The van der Waals surface area contributed by atoms with Crippen molar-refractivity contribution in [3.05, 3.63) is 54.0 Å². The van der Waals surface area contributed by atoms with Crippen LogP contribution >= 0.6 is 0 Å². The van der Waals surface area contributed by atoms with Crippen LogP contribution in [0.25, 0.3) is 0 Å². The lowest BCUT2D eigenvalue weighted by atomic mass is 9.44. The van der Waals surface area contributed by atoms with Gasteiger partial charge in [-0.3, -0.25) is 24.0 Å². The van der Waals surface area contributed by atoms with Gasteiger partial charge in [0.2, 0.25) is 5.78 Å². The van der Waals surface area contributed by atoms with Crippen LogP contribution in [0, 0.1) is 63.6 Å². The number of hydrogen-bond acceptors (Lipinski definition) is 11. The Bertz CT molecular complexity index is 2070. The predicted octanol–water partition coefficient (Wildman–Crippen LogP) is 4.29. The molecule has 17 atom stereocenters. The maximum atomic E-state index is 17.6. The molecule has 11 nitrogen and oxygen atoms in total. The smallest absolute Gasteiger partial charge is 0.323 e. The van der Waals surface area contributed by atoms with Crippen LogP contribution < -0.4 is 5.73 Å². The number of fused-ring (bicyclic) bond motifs is 10. The number of allylic oxidation sites excluding steroid dienone is 8. The number of carbonyl (C=O) groups excluding carboxylic acids is 5. The normalized spacial score (nSPS) is 50.5. The summed E-state index contributed by atoms with van der Waals surface area (Å²) in [7, 11) is 0. The summed E-state index contributed by atoms with van der Waals surface area (Å²) in [6.45, 7) is 9.32. The standard InChI is InChI=1S/C47H60F2NO10/c1-24-17-32-30-9-7-26-19-28(51)13-15-40(26,3)44(30,48)36(54)21-42(32,5)46(24,58)35(53)12-11-34(50)39(57)60-23-38(56)47(59)25(2)18-33-31-10-8-27-20-29(52)14-16-41(27,4)45(31,49)37(55)22-43(33,47)6/h12-16,19-20,24-25,30-34,36-37,54-55,58-59H,7-11,17-18,21-23,50H2,1-6H3/t24-,25+,30?,31?,32?,33?,34?,36-,37-,40-,41-,42-,43-,44-,45-,46-,47-/m0/s1. The number of alkyl halides is 2. The molecule has 6 N–H and O–H groups in total. The maximum Gasteiger partial charge on any atom is 0.323 e. The molecule has 5 unspecified atom stereocenters. The van der Waals surface area contributed by atoms with Crippen LogP contribution in [-0.2, 0) is 28.7 Å². The number of halogens is 2. The average Bonchev–Trinajstić information content (AvgIpc) is 3.52. The number of rotatable bonds is 8. The van der Waals surface area contributed by atoms with Gasteiger partial charge in [0.1, 0.15) is 17.2 Å². The number of ether oxygens (including phenoxy) is 1. The summed E-state index contributed by atoms with van der Waals surface area (Å²) in [4.78, 5) is 65.7. The first-order chi connectivity index (χ1) is 27.8. The molecule has 0 bridgehead atoms. The van der Waals surface area contributed by atoms with E-state index in [4.69, 9.17) is 10.5 Å². The number of nitrogens with two attached hydrogens (primary N) is 1. The molecule has 8 aliphatic carbocycles. The van der Waals surface area contributed by atoms with E-state index >= 15 is 8.78 Å². The highest BCUT2D eigenvalue weighted by atomic mass is 19.1. The molecule has 60 heavy (non-hydrogen) atoms. The summed E-state index contributed by atoms with van der Waals surface area (Å²) < 4.78 is 40.5. The first-order valence-corrected chi connectivity index (χ1v) is 21.7. The van der Waals surface area contributed by atoms with E-state index in [1.807, 2.05) is 0 Å². The SMILES string of the molecule is C[C@@H]1CC2C3CCC4=CC(=O)C=C[C@]4(C)[C@@]3(F)[C@@H](O)C[C@]2(C)[C@@]1(O)C(=O)COC(=O)C(N)C[CH]C(=O)[C@@]1(O)[C@@H](C)CC2C3CCC4=CC(=O)C=C[C@]4(C)[C@@]3(F)[C@@H](O)C[C@@]21C. The van der Waals surface area contributed by atoms with Gasteiger partial charge in [0.05, 0.1) is 12.2 Å². The van der Waals surface area contributed by atoms with Gasteiger partial charge in [-0.15, -0.1) is 0 Å². The quantitative estimate of drug-likeness (QED) is 0.219. The molecule has 8 rings (SSSR count). The lowest BCUT2D eigenvalue weighted by molar-refractivity contribution is -0.220. The fourth-order valence-corrected chi connectivity index (χ4v) is 15.1. The molecule has 0 saturated heterocycles. The second kappa shape index (κ2) is 13.6. The van der Waals surface area contributed by atoms with E-state index < -0.39 is 122 Å². The molecule has 0 heterocycles. The number of aliphatic hydroxyl groups excluding tert-OH is 2. The molecule has 0 aliphatic heterocycles. The van der Waals surface area contributed by atoms with Gasteiger partial charge in [0.15, 0.2) is 35.3 Å². The third-order valence-corrected chi connectivity index (χ3v) is 18.5. The lowest BCUT2D eigenvalue weighted by Crippen LogP contribution is -2.69. The Labute approximate surface area is 349 Å². The number of Topliss-reactive ketones (excluding diaryl/α,β-unsaturated/α-hetero) is 2. The van der Waals surface area contributed by atoms with Crippen LogP contribution in [0.3, 0.4) is 0 Å². The van der Waals surface area contributed by atoms with Crippen molar-refractivity contribution in [3.63, 3.8) is 0 Å². The van der Waals surface area contributed by atoms with Crippen molar-refractivity contribution in [2.75, 3.05) is 6.61 Å². The molecule has 0 aromatic rings. The largest absolute Gasteiger partial charge is 0.456 e. The van der Waals surface area contributed by atoms with E-state index in [9.17, 15) is 44.4 Å². The van der Waals surface area contributed by atoms with Gasteiger partial charge in [-0.25, -0.2) is 8.78 Å². The minimum absolute atomic E-state index is 0.216. The molecule has 1 radical (unpaired) electrons. The maximum absolute atomic E-state index is 17.6. The number of aliphatic hydroxyl groups is 4. The van der Waals surface area contributed by atoms with Crippen LogP contribution in [0.4, 0.5) is 8.78 Å². The van der Waals surface area contributed by atoms with Gasteiger partial charge < -0.3 is 30.9 Å². The Morgan fingerprint density at radius 1 is 0.783 bits per heavy atom. The Hall–Kier alpha value is -3.23. The van der Waals surface area contributed by atoms with Gasteiger partial charge >= 0.3 is 5.97 Å². The number of ketones is 4. The van der Waals surface area contributed by atoms with Crippen LogP contribution in [0.15, 0.2) is 47.6 Å². The van der Waals surface area contributed by atoms with Gasteiger partial charge in [-0.05, 0) is 120 Å². The zero-order valence-electron chi connectivity index (χ0n) is 35.4. The summed E-state index contributed by atoms with van der Waals surface area (Å²) >= 11 is 0. The summed E-state index contributed by atoms with van der Waals surface area (Å²) in [6.07, 6.45) is 7.89. The minimum Gasteiger partial charge on any atom is -0.456 e. The second-order valence-electron chi connectivity index (χ2n) is 20.8. The monoisotopic (exact) mass is 836 g/mol. The summed E-state index contributed by atoms with van der Waals surface area (Å²) in [6, 6.07) is -1.44. The third-order valence-electron chi connectivity index (χ3n) is 18.5. The van der Waals surface area contributed by atoms with Crippen molar-refractivity contribution >= 4 is 29.1 Å². The van der Waals surface area contributed by atoms with Gasteiger partial charge in [-0.1, -0.05) is 51.0 Å². The zero-order chi connectivity index (χ0) is 44.0. The van der Waals surface area contributed by atoms with Gasteiger partial charge in [0.25, 0.3) is 0 Å². The van der Waals surface area contributed by atoms with E-state index in [1.165, 1.54) is 30.4 Å². The first kappa shape index (κ1) is 43.4. The molecular formula is C47H60F2NO10. The topological polar surface area (TPSA) is 202 Å². The highest BCUT2D eigenvalue weighted by molar-refractivity contribution is 6.02. The van der Waals surface area contributed by atoms with E-state index in [0.29, 0.717) is 43.3 Å². The average molecular weight is 837 g/mol. The molecule has 6 saturated carbocycles. The highest BCUT2D eigenvalue weighted by Crippen LogP contribution is 2.72. The van der Waals surface area contributed by atoms with Crippen molar-refractivity contribution in [1.29, 1.82) is 0 Å². The molecule has 0 spiro atoms. The molecule has 0 aromatic carbocycles. The Kier molecular flexibility index (Phi) is 9.87. The van der Waals surface area contributed by atoms with E-state index in [2.05, 4.69) is 0 Å².